The molecule has 0 amide bonds. The van der Waals surface area contributed by atoms with E-state index in [-0.39, 0.29) is 12.0 Å². The second-order valence-electron chi connectivity index (χ2n) is 3.81. The maximum absolute atomic E-state index is 11.0. The highest BCUT2D eigenvalue weighted by Gasteiger charge is 2.41. The van der Waals surface area contributed by atoms with Crippen molar-refractivity contribution in [2.45, 2.75) is 31.8 Å². The van der Waals surface area contributed by atoms with Crippen molar-refractivity contribution in [1.82, 2.24) is 4.90 Å². The zero-order valence-corrected chi connectivity index (χ0v) is 7.81. The van der Waals surface area contributed by atoms with Crippen LogP contribution >= 0.6 is 0 Å². The Labute approximate surface area is 78.0 Å². The van der Waals surface area contributed by atoms with Crippen molar-refractivity contribution >= 4 is 5.97 Å². The van der Waals surface area contributed by atoms with Gasteiger partial charge >= 0.3 is 5.97 Å². The molecule has 2 aliphatic heterocycles. The van der Waals surface area contributed by atoms with Gasteiger partial charge in [-0.05, 0) is 19.4 Å². The van der Waals surface area contributed by atoms with Crippen LogP contribution in [0.2, 0.25) is 0 Å². The molecule has 2 bridgehead atoms. The quantitative estimate of drug-likeness (QED) is 0.649. The standard InChI is InChI=1S/C10H15NO2/c1-2-11-8-5-3-7(4-6-8)9(11)10(12)13/h3,5,7-9H,2,4,6H2,1H3,(H,12,13)/t7-,8+,9?/m0/s1. The Hall–Kier alpha value is -0.830. The molecule has 1 aliphatic carbocycles. The molecule has 3 atom stereocenters. The highest BCUT2D eigenvalue weighted by Crippen LogP contribution is 2.34. The van der Waals surface area contributed by atoms with Crippen LogP contribution in [0, 0.1) is 5.92 Å². The molecule has 13 heavy (non-hydrogen) atoms. The number of fused-ring (bicyclic) bond motifs is 2. The third-order valence-electron chi connectivity index (χ3n) is 3.18. The van der Waals surface area contributed by atoms with E-state index >= 15 is 0 Å². The Kier molecular flexibility index (Phi) is 2.12. The predicted molar refractivity (Wildman–Crippen MR) is 49.5 cm³/mol. The number of hydrogen-bond donors (Lipinski definition) is 1. The molecule has 0 radical (unpaired) electrons. The highest BCUT2D eigenvalue weighted by atomic mass is 16.4. The lowest BCUT2D eigenvalue weighted by Crippen LogP contribution is -2.55. The van der Waals surface area contributed by atoms with Crippen LogP contribution in [-0.4, -0.2) is 34.6 Å². The van der Waals surface area contributed by atoms with Crippen LogP contribution < -0.4 is 0 Å². The fraction of sp³-hybridized carbons (Fsp3) is 0.700. The van der Waals surface area contributed by atoms with E-state index in [2.05, 4.69) is 17.1 Å². The zero-order valence-electron chi connectivity index (χ0n) is 7.81. The van der Waals surface area contributed by atoms with Gasteiger partial charge in [0, 0.05) is 12.0 Å². The Balaban J connectivity index is 2.26. The Morgan fingerprint density at radius 2 is 2.31 bits per heavy atom. The fourth-order valence-electron chi connectivity index (χ4n) is 2.57. The normalized spacial score (nSPS) is 38.1. The molecule has 3 aliphatic rings. The second-order valence-corrected chi connectivity index (χ2v) is 3.81. The third kappa shape index (κ3) is 1.27. The molecule has 3 heteroatoms. The zero-order chi connectivity index (χ0) is 9.42. The summed E-state index contributed by atoms with van der Waals surface area (Å²) in [6.45, 7) is 2.87. The predicted octanol–water partition coefficient (Wildman–Crippen LogP) is 1.11. The van der Waals surface area contributed by atoms with Gasteiger partial charge in [0.15, 0.2) is 0 Å². The molecule has 72 valence electrons. The van der Waals surface area contributed by atoms with E-state index in [1.165, 1.54) is 0 Å². The summed E-state index contributed by atoms with van der Waals surface area (Å²) in [6.07, 6.45) is 6.41. The first-order valence-corrected chi connectivity index (χ1v) is 4.91. The summed E-state index contributed by atoms with van der Waals surface area (Å²) < 4.78 is 0. The van der Waals surface area contributed by atoms with Crippen molar-refractivity contribution in [2.75, 3.05) is 6.54 Å². The summed E-state index contributed by atoms with van der Waals surface area (Å²) in [7, 11) is 0. The molecule has 0 spiro atoms. The summed E-state index contributed by atoms with van der Waals surface area (Å²) in [5, 5.41) is 9.09. The number of nitrogens with zero attached hydrogens (tertiary/aromatic N) is 1. The SMILES string of the molecule is CCN1C(C(=O)O)[C@H]2C=C[C@@H]1CC2. The molecule has 3 nitrogen and oxygen atoms in total. The monoisotopic (exact) mass is 181 g/mol. The van der Waals surface area contributed by atoms with Crippen molar-refractivity contribution < 1.29 is 9.90 Å². The minimum absolute atomic E-state index is 0.238. The molecule has 1 saturated heterocycles. The van der Waals surface area contributed by atoms with Crippen molar-refractivity contribution in [3.05, 3.63) is 12.2 Å². The Morgan fingerprint density at radius 1 is 1.54 bits per heavy atom. The van der Waals surface area contributed by atoms with Gasteiger partial charge < -0.3 is 5.11 Å². The molecule has 1 unspecified atom stereocenters. The van der Waals surface area contributed by atoms with E-state index in [0.29, 0.717) is 6.04 Å². The molecule has 1 fully saturated rings. The number of aliphatic carboxylic acids is 1. The van der Waals surface area contributed by atoms with Crippen molar-refractivity contribution in [3.63, 3.8) is 0 Å². The first-order chi connectivity index (χ1) is 6.24. The lowest BCUT2D eigenvalue weighted by atomic mass is 9.80. The topological polar surface area (TPSA) is 40.5 Å². The van der Waals surface area contributed by atoms with E-state index in [1.807, 2.05) is 6.92 Å². The van der Waals surface area contributed by atoms with Crippen molar-refractivity contribution in [3.8, 4) is 0 Å². The van der Waals surface area contributed by atoms with Gasteiger partial charge in [-0.1, -0.05) is 19.1 Å². The number of carboxylic acid groups (broad SMARTS) is 1. The summed E-state index contributed by atoms with van der Waals surface area (Å²) >= 11 is 0. The molecular formula is C10H15NO2. The van der Waals surface area contributed by atoms with Crippen molar-refractivity contribution in [2.24, 2.45) is 5.92 Å². The first-order valence-electron chi connectivity index (χ1n) is 4.91. The van der Waals surface area contributed by atoms with E-state index in [1.54, 1.807) is 0 Å². The Bertz CT molecular complexity index is 249. The molecule has 0 aromatic carbocycles. The van der Waals surface area contributed by atoms with Crippen LogP contribution in [-0.2, 0) is 4.79 Å². The molecule has 0 aromatic rings. The number of carbonyl (C=O) groups is 1. The highest BCUT2D eigenvalue weighted by molar-refractivity contribution is 5.75. The number of piperidine rings is 1. The lowest BCUT2D eigenvalue weighted by molar-refractivity contribution is -0.147. The van der Waals surface area contributed by atoms with E-state index < -0.39 is 5.97 Å². The molecule has 3 rings (SSSR count). The number of hydrogen-bond acceptors (Lipinski definition) is 2. The maximum atomic E-state index is 11.0. The largest absolute Gasteiger partial charge is 0.480 e. The van der Waals surface area contributed by atoms with Gasteiger partial charge in [0.2, 0.25) is 0 Å². The maximum Gasteiger partial charge on any atom is 0.321 e. The van der Waals surface area contributed by atoms with Crippen molar-refractivity contribution in [1.29, 1.82) is 0 Å². The van der Waals surface area contributed by atoms with Crippen LogP contribution in [0.4, 0.5) is 0 Å². The minimum Gasteiger partial charge on any atom is -0.480 e. The van der Waals surface area contributed by atoms with Gasteiger partial charge in [-0.15, -0.1) is 0 Å². The summed E-state index contributed by atoms with van der Waals surface area (Å²) in [6, 6.07) is 0.102. The molecular weight excluding hydrogens is 166 g/mol. The molecule has 0 saturated carbocycles. The van der Waals surface area contributed by atoms with E-state index in [9.17, 15) is 4.79 Å². The van der Waals surface area contributed by atoms with Crippen LogP contribution in [0.5, 0.6) is 0 Å². The van der Waals surface area contributed by atoms with Crippen LogP contribution in [0.1, 0.15) is 19.8 Å². The molecule has 2 heterocycles. The minimum atomic E-state index is -0.666. The van der Waals surface area contributed by atoms with Gasteiger partial charge in [0.1, 0.15) is 6.04 Å². The average molecular weight is 181 g/mol. The Morgan fingerprint density at radius 3 is 2.69 bits per heavy atom. The second kappa shape index (κ2) is 3.14. The number of likely N-dealkylation sites (N-methyl/N-ethyl adjacent to an activating group) is 1. The average Bonchev–Trinajstić information content (AvgIpc) is 2.17. The van der Waals surface area contributed by atoms with E-state index in [0.717, 1.165) is 19.4 Å². The molecule has 0 aromatic heterocycles. The van der Waals surface area contributed by atoms with Gasteiger partial charge in [0.25, 0.3) is 0 Å². The molecule has 1 N–H and O–H groups in total. The number of carboxylic acids is 1. The van der Waals surface area contributed by atoms with Gasteiger partial charge in [0.05, 0.1) is 0 Å². The summed E-state index contributed by atoms with van der Waals surface area (Å²) in [4.78, 5) is 13.1. The van der Waals surface area contributed by atoms with Crippen LogP contribution in [0.15, 0.2) is 12.2 Å². The number of rotatable bonds is 2. The van der Waals surface area contributed by atoms with Crippen LogP contribution in [0.3, 0.4) is 0 Å². The van der Waals surface area contributed by atoms with Crippen LogP contribution in [0.25, 0.3) is 0 Å². The summed E-state index contributed by atoms with van der Waals surface area (Å²) in [5.41, 5.74) is 0. The lowest BCUT2D eigenvalue weighted by Gasteiger charge is -2.45. The van der Waals surface area contributed by atoms with Gasteiger partial charge in [-0.2, -0.15) is 0 Å². The summed E-state index contributed by atoms with van der Waals surface area (Å²) in [5.74, 6) is -0.427. The third-order valence-corrected chi connectivity index (χ3v) is 3.18. The van der Waals surface area contributed by atoms with Gasteiger partial charge in [-0.25, -0.2) is 0 Å². The van der Waals surface area contributed by atoms with Gasteiger partial charge in [-0.3, -0.25) is 9.69 Å². The first kappa shape index (κ1) is 8.75. The smallest absolute Gasteiger partial charge is 0.321 e. The fourth-order valence-corrected chi connectivity index (χ4v) is 2.57. The van der Waals surface area contributed by atoms with E-state index in [4.69, 9.17) is 5.11 Å².